The van der Waals surface area contributed by atoms with Crippen LogP contribution < -0.4 is 16.0 Å². The summed E-state index contributed by atoms with van der Waals surface area (Å²) in [5, 5.41) is 9.12. The van der Waals surface area contributed by atoms with E-state index in [-0.39, 0.29) is 24.3 Å². The van der Waals surface area contributed by atoms with Crippen LogP contribution in [-0.2, 0) is 9.59 Å². The van der Waals surface area contributed by atoms with Crippen molar-refractivity contribution in [1.29, 1.82) is 0 Å². The topological polar surface area (TPSA) is 70.2 Å². The van der Waals surface area contributed by atoms with Gasteiger partial charge in [0.25, 0.3) is 0 Å². The Morgan fingerprint density at radius 3 is 2.33 bits per heavy atom. The number of hydrogen-bond donors (Lipinski definition) is 3. The van der Waals surface area contributed by atoms with E-state index in [1.165, 1.54) is 0 Å². The molecular formula is C18H20ClN3O2. The maximum absolute atomic E-state index is 12.0. The lowest BCUT2D eigenvalue weighted by molar-refractivity contribution is -0.119. The predicted octanol–water partition coefficient (Wildman–Crippen LogP) is 3.99. The Hall–Kier alpha value is -2.53. The van der Waals surface area contributed by atoms with Crippen LogP contribution in [0.4, 0.5) is 17.1 Å². The van der Waals surface area contributed by atoms with Crippen molar-refractivity contribution >= 4 is 40.5 Å². The van der Waals surface area contributed by atoms with Gasteiger partial charge in [-0.05, 0) is 30.3 Å². The average molecular weight is 346 g/mol. The number of para-hydroxylation sites is 1. The molecule has 0 radical (unpaired) electrons. The van der Waals surface area contributed by atoms with Crippen molar-refractivity contribution in [2.45, 2.75) is 13.8 Å². The third kappa shape index (κ3) is 5.28. The van der Waals surface area contributed by atoms with Crippen LogP contribution in [0.1, 0.15) is 13.8 Å². The van der Waals surface area contributed by atoms with Crippen LogP contribution in [0.25, 0.3) is 0 Å². The van der Waals surface area contributed by atoms with Gasteiger partial charge in [-0.1, -0.05) is 43.6 Å². The Labute approximate surface area is 146 Å². The van der Waals surface area contributed by atoms with Gasteiger partial charge in [0.1, 0.15) is 0 Å². The molecule has 2 aromatic carbocycles. The molecule has 0 spiro atoms. The molecule has 0 bridgehead atoms. The standard InChI is InChI=1S/C18H20ClN3O2/c1-12(2)18(24)22-14-7-5-6-13(10-14)21-17(23)11-20-16-9-4-3-8-15(16)19/h3-10,12,20H,11H2,1-2H3,(H,21,23)(H,22,24). The number of hydrogen-bond acceptors (Lipinski definition) is 3. The Bertz CT molecular complexity index is 732. The van der Waals surface area contributed by atoms with Crippen LogP contribution in [-0.4, -0.2) is 18.4 Å². The van der Waals surface area contributed by atoms with Crippen LogP contribution in [0.5, 0.6) is 0 Å². The molecule has 0 aliphatic carbocycles. The van der Waals surface area contributed by atoms with Crippen LogP contribution in [0.3, 0.4) is 0 Å². The van der Waals surface area contributed by atoms with Gasteiger partial charge in [-0.2, -0.15) is 0 Å². The van der Waals surface area contributed by atoms with E-state index in [2.05, 4.69) is 16.0 Å². The molecule has 24 heavy (non-hydrogen) atoms. The number of rotatable bonds is 6. The van der Waals surface area contributed by atoms with Gasteiger partial charge in [0.15, 0.2) is 0 Å². The maximum Gasteiger partial charge on any atom is 0.243 e. The van der Waals surface area contributed by atoms with E-state index >= 15 is 0 Å². The van der Waals surface area contributed by atoms with E-state index in [9.17, 15) is 9.59 Å². The molecule has 0 saturated heterocycles. The van der Waals surface area contributed by atoms with Crippen molar-refractivity contribution in [3.63, 3.8) is 0 Å². The first-order chi connectivity index (χ1) is 11.5. The third-order valence-electron chi connectivity index (χ3n) is 3.25. The third-order valence-corrected chi connectivity index (χ3v) is 3.58. The van der Waals surface area contributed by atoms with Gasteiger partial charge in [0.2, 0.25) is 11.8 Å². The normalized spacial score (nSPS) is 10.3. The number of amides is 2. The lowest BCUT2D eigenvalue weighted by atomic mass is 10.2. The zero-order valence-electron chi connectivity index (χ0n) is 13.6. The van der Waals surface area contributed by atoms with Crippen molar-refractivity contribution in [1.82, 2.24) is 0 Å². The SMILES string of the molecule is CC(C)C(=O)Nc1cccc(NC(=O)CNc2ccccc2Cl)c1. The molecule has 0 unspecified atom stereocenters. The van der Waals surface area contributed by atoms with Crippen LogP contribution in [0.2, 0.25) is 5.02 Å². The van der Waals surface area contributed by atoms with Gasteiger partial charge in [-0.15, -0.1) is 0 Å². The van der Waals surface area contributed by atoms with Crippen molar-refractivity contribution in [2.24, 2.45) is 5.92 Å². The van der Waals surface area contributed by atoms with E-state index in [0.29, 0.717) is 22.1 Å². The average Bonchev–Trinajstić information content (AvgIpc) is 2.54. The highest BCUT2D eigenvalue weighted by atomic mass is 35.5. The summed E-state index contributed by atoms with van der Waals surface area (Å²) >= 11 is 6.03. The summed E-state index contributed by atoms with van der Waals surface area (Å²) in [4.78, 5) is 23.8. The zero-order chi connectivity index (χ0) is 17.5. The fourth-order valence-electron chi connectivity index (χ4n) is 1.95. The largest absolute Gasteiger partial charge is 0.375 e. The molecule has 5 nitrogen and oxygen atoms in total. The molecule has 126 valence electrons. The molecule has 2 amide bonds. The Morgan fingerprint density at radius 1 is 1.00 bits per heavy atom. The maximum atomic E-state index is 12.0. The Balaban J connectivity index is 1.92. The van der Waals surface area contributed by atoms with E-state index in [4.69, 9.17) is 11.6 Å². The fraction of sp³-hybridized carbons (Fsp3) is 0.222. The van der Waals surface area contributed by atoms with Gasteiger partial charge in [0, 0.05) is 17.3 Å². The summed E-state index contributed by atoms with van der Waals surface area (Å²) in [6.45, 7) is 3.73. The summed E-state index contributed by atoms with van der Waals surface area (Å²) in [5.74, 6) is -0.385. The predicted molar refractivity (Wildman–Crippen MR) is 98.5 cm³/mol. The Kier molecular flexibility index (Phi) is 6.21. The second kappa shape index (κ2) is 8.36. The first kappa shape index (κ1) is 17.8. The molecule has 0 heterocycles. The first-order valence-corrected chi connectivity index (χ1v) is 8.02. The van der Waals surface area contributed by atoms with Crippen molar-refractivity contribution in [3.05, 3.63) is 53.6 Å². The molecule has 3 N–H and O–H groups in total. The molecule has 0 aliphatic heterocycles. The first-order valence-electron chi connectivity index (χ1n) is 7.65. The number of carbonyl (C=O) groups is 2. The second-order valence-electron chi connectivity index (χ2n) is 5.61. The number of halogens is 1. The van der Waals surface area contributed by atoms with E-state index in [1.54, 1.807) is 36.4 Å². The van der Waals surface area contributed by atoms with Crippen molar-refractivity contribution in [2.75, 3.05) is 22.5 Å². The van der Waals surface area contributed by atoms with E-state index in [0.717, 1.165) is 0 Å². The van der Waals surface area contributed by atoms with E-state index in [1.807, 2.05) is 26.0 Å². The molecule has 0 fully saturated rings. The summed E-state index contributed by atoms with van der Waals surface area (Å²) in [5.41, 5.74) is 1.96. The molecule has 0 atom stereocenters. The minimum absolute atomic E-state index is 0.0705. The number of nitrogens with one attached hydrogen (secondary N) is 3. The minimum Gasteiger partial charge on any atom is -0.375 e. The summed E-state index contributed by atoms with van der Waals surface area (Å²) in [6.07, 6.45) is 0. The quantitative estimate of drug-likeness (QED) is 0.741. The van der Waals surface area contributed by atoms with Crippen molar-refractivity contribution < 1.29 is 9.59 Å². The molecule has 2 aromatic rings. The highest BCUT2D eigenvalue weighted by molar-refractivity contribution is 6.33. The van der Waals surface area contributed by atoms with Gasteiger partial charge in [-0.3, -0.25) is 9.59 Å². The molecule has 2 rings (SSSR count). The smallest absolute Gasteiger partial charge is 0.243 e. The number of benzene rings is 2. The highest BCUT2D eigenvalue weighted by Crippen LogP contribution is 2.20. The molecular weight excluding hydrogens is 326 g/mol. The molecule has 0 aromatic heterocycles. The van der Waals surface area contributed by atoms with Crippen LogP contribution in [0.15, 0.2) is 48.5 Å². The minimum atomic E-state index is -0.206. The lowest BCUT2D eigenvalue weighted by Gasteiger charge is -2.11. The van der Waals surface area contributed by atoms with Gasteiger partial charge >= 0.3 is 0 Å². The van der Waals surface area contributed by atoms with Gasteiger partial charge < -0.3 is 16.0 Å². The number of carbonyl (C=O) groups excluding carboxylic acids is 2. The highest BCUT2D eigenvalue weighted by Gasteiger charge is 2.08. The molecule has 6 heteroatoms. The molecule has 0 aliphatic rings. The fourth-order valence-corrected chi connectivity index (χ4v) is 2.15. The van der Waals surface area contributed by atoms with Crippen molar-refractivity contribution in [3.8, 4) is 0 Å². The summed E-state index contributed by atoms with van der Waals surface area (Å²) in [6, 6.07) is 14.2. The van der Waals surface area contributed by atoms with Gasteiger partial charge in [-0.25, -0.2) is 0 Å². The van der Waals surface area contributed by atoms with Crippen LogP contribution in [0, 0.1) is 5.92 Å². The molecule has 0 saturated carbocycles. The summed E-state index contributed by atoms with van der Waals surface area (Å²) in [7, 11) is 0. The summed E-state index contributed by atoms with van der Waals surface area (Å²) < 4.78 is 0. The zero-order valence-corrected chi connectivity index (χ0v) is 14.4. The van der Waals surface area contributed by atoms with E-state index < -0.39 is 0 Å². The lowest BCUT2D eigenvalue weighted by Crippen LogP contribution is -2.22. The van der Waals surface area contributed by atoms with Crippen LogP contribution >= 0.6 is 11.6 Å². The van der Waals surface area contributed by atoms with Gasteiger partial charge in [0.05, 0.1) is 17.3 Å². The monoisotopic (exact) mass is 345 g/mol. The Morgan fingerprint density at radius 2 is 1.67 bits per heavy atom. The number of anilines is 3. The second-order valence-corrected chi connectivity index (χ2v) is 6.01.